The van der Waals surface area contributed by atoms with Crippen molar-refractivity contribution in [2.45, 2.75) is 25.7 Å². The highest BCUT2D eigenvalue weighted by molar-refractivity contribution is 6.04. The predicted molar refractivity (Wildman–Crippen MR) is 91.3 cm³/mol. The second-order valence-corrected chi connectivity index (χ2v) is 6.15. The van der Waals surface area contributed by atoms with Gasteiger partial charge in [0.15, 0.2) is 6.61 Å². The predicted octanol–water partition coefficient (Wildman–Crippen LogP) is 2.02. The van der Waals surface area contributed by atoms with Crippen LogP contribution in [0.15, 0.2) is 36.5 Å². The van der Waals surface area contributed by atoms with Gasteiger partial charge in [-0.25, -0.2) is 4.79 Å². The van der Waals surface area contributed by atoms with Gasteiger partial charge in [0.25, 0.3) is 11.8 Å². The molecule has 2 amide bonds. The van der Waals surface area contributed by atoms with Gasteiger partial charge in [0.1, 0.15) is 5.69 Å². The average Bonchev–Trinajstić information content (AvgIpc) is 3.05. The summed E-state index contributed by atoms with van der Waals surface area (Å²) < 4.78 is 6.62. The summed E-state index contributed by atoms with van der Waals surface area (Å²) in [5.74, 6) is -1.74. The van der Waals surface area contributed by atoms with Crippen molar-refractivity contribution in [3.63, 3.8) is 0 Å². The Morgan fingerprint density at radius 3 is 2.60 bits per heavy atom. The molecule has 0 aliphatic heterocycles. The Morgan fingerprint density at radius 2 is 1.88 bits per heavy atom. The lowest BCUT2D eigenvalue weighted by atomic mass is 9.90. The Balaban J connectivity index is 1.54. The van der Waals surface area contributed by atoms with Crippen LogP contribution >= 0.6 is 0 Å². The summed E-state index contributed by atoms with van der Waals surface area (Å²) >= 11 is 0. The number of hydrogen-bond donors (Lipinski definition) is 1. The number of hydrogen-bond acceptors (Lipinski definition) is 4. The molecule has 1 aliphatic rings. The second kappa shape index (κ2) is 7.34. The molecule has 1 aromatic heterocycles. The molecule has 6 heteroatoms. The highest BCUT2D eigenvalue weighted by Gasteiger charge is 2.17. The molecule has 0 radical (unpaired) electrons. The maximum atomic E-state index is 12.1. The van der Waals surface area contributed by atoms with E-state index in [1.54, 1.807) is 36.0 Å². The van der Waals surface area contributed by atoms with Crippen LogP contribution < -0.4 is 5.32 Å². The molecule has 1 aliphatic carbocycles. The number of amides is 2. The maximum Gasteiger partial charge on any atom is 0.338 e. The minimum atomic E-state index is -0.655. The fourth-order valence-electron chi connectivity index (χ4n) is 3.00. The van der Waals surface area contributed by atoms with Gasteiger partial charge in [0, 0.05) is 13.2 Å². The fraction of sp³-hybridized carbons (Fsp3) is 0.316. The zero-order valence-electron chi connectivity index (χ0n) is 14.1. The minimum Gasteiger partial charge on any atom is -0.452 e. The van der Waals surface area contributed by atoms with E-state index < -0.39 is 24.4 Å². The zero-order chi connectivity index (χ0) is 17.8. The second-order valence-electron chi connectivity index (χ2n) is 6.15. The van der Waals surface area contributed by atoms with Crippen molar-refractivity contribution in [3.05, 3.63) is 58.9 Å². The van der Waals surface area contributed by atoms with Gasteiger partial charge < -0.3 is 9.30 Å². The highest BCUT2D eigenvalue weighted by atomic mass is 16.5. The molecule has 6 nitrogen and oxygen atoms in total. The van der Waals surface area contributed by atoms with E-state index in [0.29, 0.717) is 11.3 Å². The number of benzene rings is 1. The lowest BCUT2D eigenvalue weighted by Gasteiger charge is -2.16. The van der Waals surface area contributed by atoms with E-state index in [4.69, 9.17) is 4.74 Å². The molecule has 1 N–H and O–H groups in total. The van der Waals surface area contributed by atoms with Crippen molar-refractivity contribution in [3.8, 4) is 0 Å². The molecule has 130 valence electrons. The van der Waals surface area contributed by atoms with Crippen molar-refractivity contribution < 1.29 is 19.1 Å². The first-order valence-electron chi connectivity index (χ1n) is 8.29. The monoisotopic (exact) mass is 340 g/mol. The van der Waals surface area contributed by atoms with Crippen molar-refractivity contribution in [2.75, 3.05) is 6.61 Å². The molecule has 0 fully saturated rings. The van der Waals surface area contributed by atoms with Crippen LogP contribution in [0.25, 0.3) is 0 Å². The summed E-state index contributed by atoms with van der Waals surface area (Å²) in [5, 5.41) is 2.20. The normalized spacial score (nSPS) is 13.0. The van der Waals surface area contributed by atoms with E-state index in [-0.39, 0.29) is 0 Å². The van der Waals surface area contributed by atoms with Gasteiger partial charge in [-0.15, -0.1) is 0 Å². The summed E-state index contributed by atoms with van der Waals surface area (Å²) in [5.41, 5.74) is 3.23. The lowest BCUT2D eigenvalue weighted by molar-refractivity contribution is -0.123. The highest BCUT2D eigenvalue weighted by Crippen LogP contribution is 2.22. The number of fused-ring (bicyclic) bond motifs is 1. The molecule has 0 bridgehead atoms. The quantitative estimate of drug-likeness (QED) is 0.864. The number of aryl methyl sites for hydroxylation is 3. The summed E-state index contributed by atoms with van der Waals surface area (Å²) in [6, 6.07) is 8.81. The molecular formula is C19H20N2O4. The Labute approximate surface area is 145 Å². The van der Waals surface area contributed by atoms with Crippen LogP contribution in [0.5, 0.6) is 0 Å². The van der Waals surface area contributed by atoms with Crippen molar-refractivity contribution >= 4 is 17.8 Å². The molecule has 3 rings (SSSR count). The van der Waals surface area contributed by atoms with Crippen LogP contribution in [0.2, 0.25) is 0 Å². The summed E-state index contributed by atoms with van der Waals surface area (Å²) in [6.07, 6.45) is 5.99. The van der Waals surface area contributed by atoms with Gasteiger partial charge in [0.2, 0.25) is 0 Å². The number of imide groups is 1. The topological polar surface area (TPSA) is 77.4 Å². The average molecular weight is 340 g/mol. The van der Waals surface area contributed by atoms with Crippen molar-refractivity contribution in [1.82, 2.24) is 9.88 Å². The van der Waals surface area contributed by atoms with E-state index >= 15 is 0 Å². The van der Waals surface area contributed by atoms with Crippen LogP contribution in [0, 0.1) is 0 Å². The number of rotatable bonds is 4. The number of nitrogens with zero attached hydrogens (tertiary/aromatic N) is 1. The lowest BCUT2D eigenvalue weighted by Crippen LogP contribution is -2.35. The smallest absolute Gasteiger partial charge is 0.338 e. The molecule has 0 saturated carbocycles. The van der Waals surface area contributed by atoms with Crippen LogP contribution in [0.3, 0.4) is 0 Å². The Hall–Kier alpha value is -2.89. The third-order valence-electron chi connectivity index (χ3n) is 4.35. The van der Waals surface area contributed by atoms with Gasteiger partial charge in [-0.05, 0) is 61.1 Å². The summed E-state index contributed by atoms with van der Waals surface area (Å²) in [7, 11) is 1.70. The largest absolute Gasteiger partial charge is 0.452 e. The molecule has 0 atom stereocenters. The number of ether oxygens (including phenoxy) is 1. The van der Waals surface area contributed by atoms with Gasteiger partial charge in [0.05, 0.1) is 5.56 Å². The molecule has 0 saturated heterocycles. The zero-order valence-corrected chi connectivity index (χ0v) is 14.1. The van der Waals surface area contributed by atoms with E-state index in [9.17, 15) is 14.4 Å². The molecule has 2 aromatic rings. The van der Waals surface area contributed by atoms with Crippen LogP contribution in [-0.2, 0) is 29.4 Å². The number of nitrogens with one attached hydrogen (secondary N) is 1. The third-order valence-corrected chi connectivity index (χ3v) is 4.35. The molecule has 25 heavy (non-hydrogen) atoms. The first-order chi connectivity index (χ1) is 12.0. The van der Waals surface area contributed by atoms with Gasteiger partial charge in [-0.3, -0.25) is 14.9 Å². The number of carbonyl (C=O) groups is 3. The van der Waals surface area contributed by atoms with Crippen LogP contribution in [-0.4, -0.2) is 29.0 Å². The first-order valence-corrected chi connectivity index (χ1v) is 8.29. The van der Waals surface area contributed by atoms with Crippen molar-refractivity contribution in [1.29, 1.82) is 0 Å². The van der Waals surface area contributed by atoms with E-state index in [0.717, 1.165) is 19.3 Å². The van der Waals surface area contributed by atoms with Crippen molar-refractivity contribution in [2.24, 2.45) is 7.05 Å². The minimum absolute atomic E-state index is 0.356. The number of carbonyl (C=O) groups excluding carboxylic acids is 3. The molecule has 0 unspecified atom stereocenters. The molecule has 1 heterocycles. The summed E-state index contributed by atoms with van der Waals surface area (Å²) in [6.45, 7) is -0.494. The van der Waals surface area contributed by atoms with E-state index in [2.05, 4.69) is 5.32 Å². The van der Waals surface area contributed by atoms with E-state index in [1.807, 2.05) is 12.1 Å². The van der Waals surface area contributed by atoms with Crippen LogP contribution in [0.4, 0.5) is 0 Å². The molecule has 1 aromatic carbocycles. The summed E-state index contributed by atoms with van der Waals surface area (Å²) in [4.78, 5) is 35.8. The van der Waals surface area contributed by atoms with E-state index in [1.165, 1.54) is 17.5 Å². The maximum absolute atomic E-state index is 12.1. The molecule has 0 spiro atoms. The SMILES string of the molecule is Cn1cccc1C(=O)NC(=O)COC(=O)c1ccc2c(c1)CCCC2. The van der Waals surface area contributed by atoms with Gasteiger partial charge >= 0.3 is 5.97 Å². The van der Waals surface area contributed by atoms with Crippen LogP contribution in [0.1, 0.15) is 44.8 Å². The number of aromatic nitrogens is 1. The number of esters is 1. The Morgan fingerprint density at radius 1 is 1.12 bits per heavy atom. The van der Waals surface area contributed by atoms with Gasteiger partial charge in [-0.2, -0.15) is 0 Å². The standard InChI is InChI=1S/C19H20N2O4/c1-21-10-4-7-16(21)18(23)20-17(22)12-25-19(24)15-9-8-13-5-2-3-6-14(13)11-15/h4,7-11H,2-3,5-6,12H2,1H3,(H,20,22,23). The fourth-order valence-corrected chi connectivity index (χ4v) is 3.00. The third kappa shape index (κ3) is 3.96. The Bertz CT molecular complexity index is 823. The first kappa shape index (κ1) is 17.0. The Kier molecular flexibility index (Phi) is 4.97. The van der Waals surface area contributed by atoms with Gasteiger partial charge in [-0.1, -0.05) is 6.07 Å². The molecular weight excluding hydrogens is 320 g/mol.